The van der Waals surface area contributed by atoms with E-state index in [2.05, 4.69) is 15.5 Å². The van der Waals surface area contributed by atoms with Crippen LogP contribution in [0.15, 0.2) is 47.1 Å². The first-order valence-electron chi connectivity index (χ1n) is 5.11. The van der Waals surface area contributed by atoms with Crippen molar-refractivity contribution in [3.05, 3.63) is 48.5 Å². The van der Waals surface area contributed by atoms with Gasteiger partial charge in [-0.05, 0) is 12.1 Å². The number of carbonyl (C=O) groups is 1. The van der Waals surface area contributed by atoms with Crippen molar-refractivity contribution in [3.63, 3.8) is 0 Å². The van der Waals surface area contributed by atoms with Gasteiger partial charge in [-0.3, -0.25) is 9.89 Å². The van der Waals surface area contributed by atoms with Gasteiger partial charge in [0.05, 0.1) is 11.9 Å². The molecule has 0 saturated carbocycles. The third kappa shape index (κ3) is 1.78. The van der Waals surface area contributed by atoms with Crippen molar-refractivity contribution < 1.29 is 9.21 Å². The van der Waals surface area contributed by atoms with Crippen molar-refractivity contribution in [2.75, 3.05) is 5.32 Å². The molecule has 3 rings (SSSR count). The van der Waals surface area contributed by atoms with Gasteiger partial charge in [-0.25, -0.2) is 0 Å². The van der Waals surface area contributed by atoms with Crippen LogP contribution in [0.2, 0.25) is 0 Å². The largest absolute Gasteiger partial charge is 0.451 e. The lowest BCUT2D eigenvalue weighted by atomic mass is 10.2. The minimum absolute atomic E-state index is 0.285. The molecule has 2 aromatic heterocycles. The maximum Gasteiger partial charge on any atom is 0.291 e. The molecule has 0 saturated heterocycles. The smallest absolute Gasteiger partial charge is 0.291 e. The van der Waals surface area contributed by atoms with Gasteiger partial charge in [0.1, 0.15) is 5.58 Å². The molecular weight excluding hydrogens is 218 g/mol. The van der Waals surface area contributed by atoms with Gasteiger partial charge >= 0.3 is 0 Å². The zero-order valence-corrected chi connectivity index (χ0v) is 8.81. The van der Waals surface area contributed by atoms with Crippen LogP contribution in [0.4, 0.5) is 5.69 Å². The molecular formula is C12H9N3O2. The number of fused-ring (bicyclic) bond motifs is 1. The summed E-state index contributed by atoms with van der Waals surface area (Å²) in [5, 5.41) is 9.94. The highest BCUT2D eigenvalue weighted by Crippen LogP contribution is 2.19. The number of nitrogens with zero attached hydrogens (tertiary/aromatic N) is 1. The van der Waals surface area contributed by atoms with Crippen LogP contribution >= 0.6 is 0 Å². The number of hydrogen-bond acceptors (Lipinski definition) is 3. The van der Waals surface area contributed by atoms with Crippen LogP contribution in [-0.4, -0.2) is 16.1 Å². The summed E-state index contributed by atoms with van der Waals surface area (Å²) in [6.07, 6.45) is 3.13. The number of hydrogen-bond donors (Lipinski definition) is 2. The van der Waals surface area contributed by atoms with Crippen molar-refractivity contribution in [2.45, 2.75) is 0 Å². The zero-order valence-electron chi connectivity index (χ0n) is 8.81. The average molecular weight is 227 g/mol. The number of anilines is 1. The number of furan rings is 1. The number of benzene rings is 1. The monoisotopic (exact) mass is 227 g/mol. The molecule has 2 N–H and O–H groups in total. The maximum absolute atomic E-state index is 11.8. The fourth-order valence-corrected chi connectivity index (χ4v) is 1.61. The first-order valence-corrected chi connectivity index (χ1v) is 5.11. The zero-order chi connectivity index (χ0) is 11.7. The summed E-state index contributed by atoms with van der Waals surface area (Å²) in [6, 6.07) is 9.20. The Hall–Kier alpha value is -2.56. The third-order valence-electron chi connectivity index (χ3n) is 2.41. The number of carbonyl (C=O) groups excluding carboxylic acids is 1. The summed E-state index contributed by atoms with van der Waals surface area (Å²) in [7, 11) is 0. The predicted molar refractivity (Wildman–Crippen MR) is 62.8 cm³/mol. The van der Waals surface area contributed by atoms with Gasteiger partial charge < -0.3 is 9.73 Å². The normalized spacial score (nSPS) is 10.6. The first-order chi connectivity index (χ1) is 8.33. The molecule has 0 unspecified atom stereocenters. The Morgan fingerprint density at radius 2 is 2.24 bits per heavy atom. The summed E-state index contributed by atoms with van der Waals surface area (Å²) < 4.78 is 5.44. The van der Waals surface area contributed by atoms with Gasteiger partial charge in [0.2, 0.25) is 0 Å². The third-order valence-corrected chi connectivity index (χ3v) is 2.41. The van der Waals surface area contributed by atoms with E-state index in [0.29, 0.717) is 11.3 Å². The second-order valence-corrected chi connectivity index (χ2v) is 3.59. The van der Waals surface area contributed by atoms with Crippen LogP contribution < -0.4 is 5.32 Å². The summed E-state index contributed by atoms with van der Waals surface area (Å²) >= 11 is 0. The highest BCUT2D eigenvalue weighted by Gasteiger charge is 2.12. The summed E-state index contributed by atoms with van der Waals surface area (Å²) in [5.41, 5.74) is 1.31. The van der Waals surface area contributed by atoms with Crippen molar-refractivity contribution >= 4 is 22.6 Å². The molecule has 0 aliphatic rings. The molecule has 1 amide bonds. The van der Waals surface area contributed by atoms with Crippen molar-refractivity contribution in [2.24, 2.45) is 0 Å². The van der Waals surface area contributed by atoms with E-state index in [4.69, 9.17) is 4.42 Å². The average Bonchev–Trinajstić information content (AvgIpc) is 2.96. The van der Waals surface area contributed by atoms with Gasteiger partial charge in [0, 0.05) is 11.6 Å². The molecule has 1 aromatic carbocycles. The van der Waals surface area contributed by atoms with Crippen LogP contribution in [0.5, 0.6) is 0 Å². The lowest BCUT2D eigenvalue weighted by Gasteiger charge is -1.97. The molecule has 0 radical (unpaired) electrons. The van der Waals surface area contributed by atoms with E-state index >= 15 is 0 Å². The lowest BCUT2D eigenvalue weighted by Crippen LogP contribution is -2.09. The van der Waals surface area contributed by atoms with Crippen molar-refractivity contribution in [3.8, 4) is 0 Å². The van der Waals surface area contributed by atoms with Gasteiger partial charge in [-0.1, -0.05) is 18.2 Å². The topological polar surface area (TPSA) is 70.9 Å². The Labute approximate surface area is 96.4 Å². The summed E-state index contributed by atoms with van der Waals surface area (Å²) in [5.74, 6) is -0.00463. The Balaban J connectivity index is 1.90. The summed E-state index contributed by atoms with van der Waals surface area (Å²) in [4.78, 5) is 11.8. The summed E-state index contributed by atoms with van der Waals surface area (Å²) in [6.45, 7) is 0. The number of rotatable bonds is 2. The highest BCUT2D eigenvalue weighted by atomic mass is 16.3. The van der Waals surface area contributed by atoms with Gasteiger partial charge in [0.15, 0.2) is 5.76 Å². The molecule has 3 aromatic rings. The highest BCUT2D eigenvalue weighted by molar-refractivity contribution is 6.04. The Morgan fingerprint density at radius 3 is 3.00 bits per heavy atom. The lowest BCUT2D eigenvalue weighted by molar-refractivity contribution is 0.0998. The Bertz CT molecular complexity index is 622. The van der Waals surface area contributed by atoms with Crippen LogP contribution in [0.3, 0.4) is 0 Å². The Kier molecular flexibility index (Phi) is 2.15. The quantitative estimate of drug-likeness (QED) is 0.706. The van der Waals surface area contributed by atoms with Crippen LogP contribution in [0.25, 0.3) is 11.0 Å². The molecule has 0 bridgehead atoms. The van der Waals surface area contributed by atoms with Gasteiger partial charge in [-0.2, -0.15) is 5.10 Å². The number of aromatic nitrogens is 2. The van der Waals surface area contributed by atoms with Crippen LogP contribution in [0.1, 0.15) is 10.6 Å². The predicted octanol–water partition coefficient (Wildman–Crippen LogP) is 2.41. The van der Waals surface area contributed by atoms with E-state index in [0.717, 1.165) is 5.39 Å². The van der Waals surface area contributed by atoms with Crippen LogP contribution in [0, 0.1) is 0 Å². The number of para-hydroxylation sites is 1. The molecule has 5 heteroatoms. The molecule has 0 atom stereocenters. The van der Waals surface area contributed by atoms with Gasteiger partial charge in [0.25, 0.3) is 5.91 Å². The number of nitrogens with one attached hydrogen (secondary N) is 2. The Morgan fingerprint density at radius 1 is 1.35 bits per heavy atom. The SMILES string of the molecule is O=C(Nc1cn[nH]c1)c1cc2ccccc2o1. The fraction of sp³-hybridized carbons (Fsp3) is 0. The van der Waals surface area contributed by atoms with Crippen molar-refractivity contribution in [1.82, 2.24) is 10.2 Å². The number of amides is 1. The molecule has 5 nitrogen and oxygen atoms in total. The molecule has 17 heavy (non-hydrogen) atoms. The number of H-pyrrole nitrogens is 1. The first kappa shape index (κ1) is 9.65. The minimum Gasteiger partial charge on any atom is -0.451 e. The van der Waals surface area contributed by atoms with E-state index in [1.54, 1.807) is 12.3 Å². The van der Waals surface area contributed by atoms with Crippen molar-refractivity contribution in [1.29, 1.82) is 0 Å². The molecule has 0 fully saturated rings. The molecule has 0 aliphatic heterocycles. The maximum atomic E-state index is 11.8. The minimum atomic E-state index is -0.289. The number of aromatic amines is 1. The molecule has 84 valence electrons. The second kappa shape index (κ2) is 3.79. The molecule has 0 aliphatic carbocycles. The van der Waals surface area contributed by atoms with E-state index < -0.39 is 0 Å². The van der Waals surface area contributed by atoms with E-state index in [1.807, 2.05) is 24.3 Å². The fourth-order valence-electron chi connectivity index (χ4n) is 1.61. The van der Waals surface area contributed by atoms with Gasteiger partial charge in [-0.15, -0.1) is 0 Å². The standard InChI is InChI=1S/C12H9N3O2/c16-12(15-9-6-13-14-7-9)11-5-8-3-1-2-4-10(8)17-11/h1-7H,(H,13,14)(H,15,16). The molecule has 2 heterocycles. The van der Waals surface area contributed by atoms with E-state index in [-0.39, 0.29) is 11.7 Å². The van der Waals surface area contributed by atoms with E-state index in [9.17, 15) is 4.79 Å². The molecule has 0 spiro atoms. The second-order valence-electron chi connectivity index (χ2n) is 3.59. The van der Waals surface area contributed by atoms with Crippen LogP contribution in [-0.2, 0) is 0 Å². The van der Waals surface area contributed by atoms with E-state index in [1.165, 1.54) is 6.20 Å².